The van der Waals surface area contributed by atoms with Crippen LogP contribution in [0.5, 0.6) is 0 Å². The first kappa shape index (κ1) is 21.8. The molecule has 0 spiro atoms. The lowest BCUT2D eigenvalue weighted by Crippen LogP contribution is -2.46. The number of guanidine groups is 1. The van der Waals surface area contributed by atoms with Gasteiger partial charge in [0, 0.05) is 38.1 Å². The van der Waals surface area contributed by atoms with E-state index in [1.165, 1.54) is 24.0 Å². The molecule has 1 aliphatic heterocycles. The number of rotatable bonds is 5. The number of anilines is 2. The highest BCUT2D eigenvalue weighted by atomic mass is 127. The molecule has 0 unspecified atom stereocenters. The highest BCUT2D eigenvalue weighted by molar-refractivity contribution is 14.0. The van der Waals surface area contributed by atoms with Crippen molar-refractivity contribution in [3.63, 3.8) is 0 Å². The van der Waals surface area contributed by atoms with Gasteiger partial charge in [-0.3, -0.25) is 0 Å². The minimum atomic E-state index is 0. The van der Waals surface area contributed by atoms with Crippen molar-refractivity contribution in [2.45, 2.75) is 32.7 Å². The first-order chi connectivity index (χ1) is 13.7. The minimum absolute atomic E-state index is 0. The van der Waals surface area contributed by atoms with Crippen molar-refractivity contribution in [3.8, 4) is 0 Å². The lowest BCUT2D eigenvalue weighted by Gasteiger charge is -2.34. The first-order valence-electron chi connectivity index (χ1n) is 10.3. The molecule has 3 N–H and O–H groups in total. The maximum Gasteiger partial charge on any atom is 0.193 e. The van der Waals surface area contributed by atoms with Crippen LogP contribution < -0.4 is 16.0 Å². The predicted octanol–water partition coefficient (Wildman–Crippen LogP) is 3.26. The number of aryl methyl sites for hydroxylation is 2. The molecule has 4 rings (SSSR count). The number of piperazine rings is 1. The summed E-state index contributed by atoms with van der Waals surface area (Å²) in [5.41, 5.74) is 11.2. The third kappa shape index (κ3) is 5.60. The summed E-state index contributed by atoms with van der Waals surface area (Å²) < 4.78 is 0. The van der Waals surface area contributed by atoms with Gasteiger partial charge >= 0.3 is 0 Å². The Morgan fingerprint density at radius 2 is 1.90 bits per heavy atom. The van der Waals surface area contributed by atoms with Crippen LogP contribution in [0.15, 0.2) is 41.5 Å². The average molecular weight is 506 g/mol. The quantitative estimate of drug-likeness (QED) is 0.370. The molecule has 2 aliphatic rings. The van der Waals surface area contributed by atoms with Crippen LogP contribution in [0.1, 0.15) is 30.0 Å². The van der Waals surface area contributed by atoms with Gasteiger partial charge in [0.05, 0.1) is 6.54 Å². The Labute approximate surface area is 190 Å². The Morgan fingerprint density at radius 1 is 1.10 bits per heavy atom. The molecule has 1 aromatic heterocycles. The number of likely N-dealkylation sites (N-methyl/N-ethyl adjacent to an activating group) is 1. The molecule has 0 bridgehead atoms. The first-order valence-corrected chi connectivity index (χ1v) is 10.3. The topological polar surface area (TPSA) is 69.8 Å². The van der Waals surface area contributed by atoms with Crippen LogP contribution in [0.25, 0.3) is 0 Å². The van der Waals surface area contributed by atoms with Crippen LogP contribution in [-0.2, 0) is 19.4 Å². The molecule has 0 amide bonds. The van der Waals surface area contributed by atoms with E-state index in [4.69, 9.17) is 5.73 Å². The van der Waals surface area contributed by atoms with Crippen LogP contribution in [0.4, 0.5) is 11.5 Å². The SMILES string of the molecule is CCN1CCN(c2cc(CN=C(N)Nc3ccc4c(c3)CCC4)ccn2)CC1.I. The summed E-state index contributed by atoms with van der Waals surface area (Å²) in [6.45, 7) is 8.12. The fourth-order valence-electron chi connectivity index (χ4n) is 4.04. The Morgan fingerprint density at radius 3 is 2.69 bits per heavy atom. The van der Waals surface area contributed by atoms with Crippen LogP contribution >= 0.6 is 24.0 Å². The normalized spacial score (nSPS) is 17.0. The van der Waals surface area contributed by atoms with Crippen molar-refractivity contribution in [2.24, 2.45) is 10.7 Å². The summed E-state index contributed by atoms with van der Waals surface area (Å²) >= 11 is 0. The van der Waals surface area contributed by atoms with E-state index < -0.39 is 0 Å². The Balaban J connectivity index is 0.00000240. The molecular formula is C22H31IN6. The molecule has 29 heavy (non-hydrogen) atoms. The Kier molecular flexibility index (Phi) is 7.71. The third-order valence-corrected chi connectivity index (χ3v) is 5.76. The molecule has 2 aromatic rings. The van der Waals surface area contributed by atoms with E-state index in [2.05, 4.69) is 56.3 Å². The van der Waals surface area contributed by atoms with Gasteiger partial charge in [-0.15, -0.1) is 24.0 Å². The number of halogens is 1. The summed E-state index contributed by atoms with van der Waals surface area (Å²) in [5.74, 6) is 1.49. The molecule has 0 radical (unpaired) electrons. The second-order valence-corrected chi connectivity index (χ2v) is 7.61. The average Bonchev–Trinajstić information content (AvgIpc) is 3.20. The van der Waals surface area contributed by atoms with Crippen molar-refractivity contribution in [1.82, 2.24) is 9.88 Å². The van der Waals surface area contributed by atoms with E-state index in [0.717, 1.165) is 56.2 Å². The zero-order valence-corrected chi connectivity index (χ0v) is 19.4. The molecule has 1 aliphatic carbocycles. The van der Waals surface area contributed by atoms with E-state index >= 15 is 0 Å². The highest BCUT2D eigenvalue weighted by Gasteiger charge is 2.16. The molecule has 156 valence electrons. The Hall–Kier alpha value is -1.87. The number of benzene rings is 1. The molecule has 1 fully saturated rings. The lowest BCUT2D eigenvalue weighted by atomic mass is 10.1. The molecule has 2 heterocycles. The summed E-state index contributed by atoms with van der Waals surface area (Å²) in [4.78, 5) is 13.9. The molecule has 6 nitrogen and oxygen atoms in total. The van der Waals surface area contributed by atoms with E-state index in [-0.39, 0.29) is 24.0 Å². The maximum absolute atomic E-state index is 6.12. The van der Waals surface area contributed by atoms with Gasteiger partial charge in [0.1, 0.15) is 5.82 Å². The largest absolute Gasteiger partial charge is 0.370 e. The molecule has 1 saturated heterocycles. The zero-order valence-electron chi connectivity index (χ0n) is 17.1. The number of hydrogen-bond donors (Lipinski definition) is 2. The predicted molar refractivity (Wildman–Crippen MR) is 131 cm³/mol. The van der Waals surface area contributed by atoms with Crippen molar-refractivity contribution in [1.29, 1.82) is 0 Å². The molecule has 0 saturated carbocycles. The number of nitrogens with two attached hydrogens (primary N) is 1. The molecule has 0 atom stereocenters. The number of nitrogens with zero attached hydrogens (tertiary/aromatic N) is 4. The number of nitrogens with one attached hydrogen (secondary N) is 1. The van der Waals surface area contributed by atoms with Gasteiger partial charge in [-0.25, -0.2) is 9.98 Å². The van der Waals surface area contributed by atoms with E-state index in [0.29, 0.717) is 12.5 Å². The van der Waals surface area contributed by atoms with Crippen molar-refractivity contribution in [3.05, 3.63) is 53.2 Å². The van der Waals surface area contributed by atoms with E-state index in [9.17, 15) is 0 Å². The number of aromatic nitrogens is 1. The van der Waals surface area contributed by atoms with Crippen LogP contribution in [0.2, 0.25) is 0 Å². The minimum Gasteiger partial charge on any atom is -0.370 e. The van der Waals surface area contributed by atoms with Gasteiger partial charge in [-0.2, -0.15) is 0 Å². The Bertz CT molecular complexity index is 845. The number of aliphatic imine (C=N–C) groups is 1. The maximum atomic E-state index is 6.12. The van der Waals surface area contributed by atoms with Crippen LogP contribution in [0, 0.1) is 0 Å². The van der Waals surface area contributed by atoms with Crippen molar-refractivity contribution in [2.75, 3.05) is 42.9 Å². The van der Waals surface area contributed by atoms with Gasteiger partial charge in [0.25, 0.3) is 0 Å². The van der Waals surface area contributed by atoms with Crippen molar-refractivity contribution >= 4 is 41.4 Å². The van der Waals surface area contributed by atoms with E-state index in [1.807, 2.05) is 12.3 Å². The zero-order chi connectivity index (χ0) is 19.3. The van der Waals surface area contributed by atoms with Crippen LogP contribution in [-0.4, -0.2) is 48.6 Å². The summed E-state index contributed by atoms with van der Waals surface area (Å²) in [7, 11) is 0. The van der Waals surface area contributed by atoms with Gasteiger partial charge in [-0.1, -0.05) is 13.0 Å². The van der Waals surface area contributed by atoms with Gasteiger partial charge in [0.15, 0.2) is 5.96 Å². The van der Waals surface area contributed by atoms with Crippen LogP contribution in [0.3, 0.4) is 0 Å². The standard InChI is InChI=1S/C22H30N6.HI/c1-2-27-10-12-28(13-11-27)21-14-17(8-9-24-21)16-25-22(23)26-20-7-6-18-4-3-5-19(18)15-20;/h6-9,14-15H,2-5,10-13,16H2,1H3,(H3,23,25,26);1H. The number of pyridine rings is 1. The second-order valence-electron chi connectivity index (χ2n) is 7.61. The van der Waals surface area contributed by atoms with Crippen molar-refractivity contribution < 1.29 is 0 Å². The van der Waals surface area contributed by atoms with Gasteiger partial charge in [-0.05, 0) is 66.8 Å². The monoisotopic (exact) mass is 506 g/mol. The molecule has 7 heteroatoms. The summed E-state index contributed by atoms with van der Waals surface area (Å²) in [6, 6.07) is 10.6. The van der Waals surface area contributed by atoms with Gasteiger partial charge in [0.2, 0.25) is 0 Å². The van der Waals surface area contributed by atoms with Gasteiger partial charge < -0.3 is 20.9 Å². The molecule has 1 aromatic carbocycles. The number of hydrogen-bond acceptors (Lipinski definition) is 4. The molecular weight excluding hydrogens is 475 g/mol. The van der Waals surface area contributed by atoms with E-state index in [1.54, 1.807) is 0 Å². The highest BCUT2D eigenvalue weighted by Crippen LogP contribution is 2.24. The lowest BCUT2D eigenvalue weighted by molar-refractivity contribution is 0.270. The second kappa shape index (κ2) is 10.2. The number of fused-ring (bicyclic) bond motifs is 1. The fraction of sp³-hybridized carbons (Fsp3) is 0.455. The summed E-state index contributed by atoms with van der Waals surface area (Å²) in [6.07, 6.45) is 5.47. The fourth-order valence-corrected chi connectivity index (χ4v) is 4.04. The smallest absolute Gasteiger partial charge is 0.193 e. The third-order valence-electron chi connectivity index (χ3n) is 5.76. The summed E-state index contributed by atoms with van der Waals surface area (Å²) in [5, 5.41) is 3.23.